The van der Waals surface area contributed by atoms with Gasteiger partial charge in [0.25, 0.3) is 0 Å². The molecule has 0 unspecified atom stereocenters. The van der Waals surface area contributed by atoms with Crippen molar-refractivity contribution < 1.29 is 4.74 Å². The van der Waals surface area contributed by atoms with E-state index in [4.69, 9.17) is 4.74 Å². The molecule has 0 bridgehead atoms. The fourth-order valence-corrected chi connectivity index (χ4v) is 2.60. The van der Waals surface area contributed by atoms with Crippen LogP contribution in [0.2, 0.25) is 0 Å². The van der Waals surface area contributed by atoms with E-state index in [1.54, 1.807) is 7.11 Å². The molecule has 1 aliphatic heterocycles. The van der Waals surface area contributed by atoms with E-state index in [0.717, 1.165) is 24.7 Å². The SMILES string of the molecule is COc1cccc(CNCCCN2CCC(C)CC2)n1. The van der Waals surface area contributed by atoms with E-state index in [9.17, 15) is 0 Å². The first-order valence-corrected chi connectivity index (χ1v) is 7.71. The number of ether oxygens (including phenoxy) is 1. The maximum absolute atomic E-state index is 5.12. The van der Waals surface area contributed by atoms with Gasteiger partial charge in [-0.1, -0.05) is 13.0 Å². The molecule has 4 nitrogen and oxygen atoms in total. The maximum atomic E-state index is 5.12. The molecule has 1 aliphatic rings. The van der Waals surface area contributed by atoms with Crippen LogP contribution in [0.25, 0.3) is 0 Å². The molecule has 0 aromatic carbocycles. The third-order valence-electron chi connectivity index (χ3n) is 4.00. The van der Waals surface area contributed by atoms with Crippen molar-refractivity contribution in [1.29, 1.82) is 0 Å². The molecule has 1 aromatic rings. The topological polar surface area (TPSA) is 37.4 Å². The molecule has 0 atom stereocenters. The number of piperidine rings is 1. The molecule has 112 valence electrons. The number of likely N-dealkylation sites (tertiary alicyclic amines) is 1. The van der Waals surface area contributed by atoms with E-state index in [-0.39, 0.29) is 0 Å². The van der Waals surface area contributed by atoms with Crippen molar-refractivity contribution in [2.24, 2.45) is 5.92 Å². The highest BCUT2D eigenvalue weighted by Crippen LogP contribution is 2.15. The Morgan fingerprint density at radius 2 is 2.15 bits per heavy atom. The lowest BCUT2D eigenvalue weighted by molar-refractivity contribution is 0.190. The van der Waals surface area contributed by atoms with Crippen molar-refractivity contribution in [3.05, 3.63) is 23.9 Å². The second-order valence-electron chi connectivity index (χ2n) is 5.73. The molecular formula is C16H27N3O. The summed E-state index contributed by atoms with van der Waals surface area (Å²) in [5.41, 5.74) is 1.04. The zero-order chi connectivity index (χ0) is 14.2. The maximum Gasteiger partial charge on any atom is 0.213 e. The summed E-state index contributed by atoms with van der Waals surface area (Å²) in [5.74, 6) is 1.61. The lowest BCUT2D eigenvalue weighted by Gasteiger charge is -2.30. The largest absolute Gasteiger partial charge is 0.481 e. The summed E-state index contributed by atoms with van der Waals surface area (Å²) < 4.78 is 5.12. The Balaban J connectivity index is 1.57. The Morgan fingerprint density at radius 3 is 2.90 bits per heavy atom. The van der Waals surface area contributed by atoms with Gasteiger partial charge in [-0.05, 0) is 57.4 Å². The van der Waals surface area contributed by atoms with E-state index in [2.05, 4.69) is 22.1 Å². The molecule has 0 radical (unpaired) electrons. The summed E-state index contributed by atoms with van der Waals surface area (Å²) in [7, 11) is 1.65. The monoisotopic (exact) mass is 277 g/mol. The lowest BCUT2D eigenvalue weighted by Crippen LogP contribution is -2.34. The van der Waals surface area contributed by atoms with Crippen LogP contribution in [0.5, 0.6) is 5.88 Å². The molecule has 1 aromatic heterocycles. The van der Waals surface area contributed by atoms with Crippen LogP contribution in [-0.2, 0) is 6.54 Å². The molecular weight excluding hydrogens is 250 g/mol. The quantitative estimate of drug-likeness (QED) is 0.776. The van der Waals surface area contributed by atoms with E-state index < -0.39 is 0 Å². The van der Waals surface area contributed by atoms with Crippen LogP contribution in [0.4, 0.5) is 0 Å². The van der Waals surface area contributed by atoms with E-state index in [1.165, 1.54) is 38.9 Å². The van der Waals surface area contributed by atoms with Crippen molar-refractivity contribution in [2.45, 2.75) is 32.7 Å². The minimum atomic E-state index is 0.687. The van der Waals surface area contributed by atoms with Gasteiger partial charge in [0.2, 0.25) is 5.88 Å². The third kappa shape index (κ3) is 5.10. The third-order valence-corrected chi connectivity index (χ3v) is 4.00. The highest BCUT2D eigenvalue weighted by atomic mass is 16.5. The van der Waals surface area contributed by atoms with Crippen LogP contribution < -0.4 is 10.1 Å². The van der Waals surface area contributed by atoms with E-state index in [0.29, 0.717) is 5.88 Å². The van der Waals surface area contributed by atoms with Gasteiger partial charge in [-0.2, -0.15) is 0 Å². The Bertz CT molecular complexity index is 389. The minimum Gasteiger partial charge on any atom is -0.481 e. The molecule has 0 amide bonds. The molecule has 20 heavy (non-hydrogen) atoms. The zero-order valence-electron chi connectivity index (χ0n) is 12.8. The molecule has 0 saturated carbocycles. The second kappa shape index (κ2) is 8.22. The summed E-state index contributed by atoms with van der Waals surface area (Å²) in [6, 6.07) is 5.89. The van der Waals surface area contributed by atoms with Crippen molar-refractivity contribution in [3.8, 4) is 5.88 Å². The molecule has 1 N–H and O–H groups in total. The van der Waals surface area contributed by atoms with Crippen molar-refractivity contribution in [3.63, 3.8) is 0 Å². The predicted octanol–water partition coefficient (Wildman–Crippen LogP) is 2.30. The molecule has 2 heterocycles. The molecule has 1 saturated heterocycles. The smallest absolute Gasteiger partial charge is 0.213 e. The summed E-state index contributed by atoms with van der Waals surface area (Å²) in [4.78, 5) is 6.98. The van der Waals surface area contributed by atoms with Crippen LogP contribution in [0.1, 0.15) is 31.9 Å². The lowest BCUT2D eigenvalue weighted by atomic mass is 9.99. The molecule has 2 rings (SSSR count). The Hall–Kier alpha value is -1.13. The Kier molecular flexibility index (Phi) is 6.27. The highest BCUT2D eigenvalue weighted by Gasteiger charge is 2.14. The van der Waals surface area contributed by atoms with Gasteiger partial charge >= 0.3 is 0 Å². The number of hydrogen-bond acceptors (Lipinski definition) is 4. The van der Waals surface area contributed by atoms with Crippen LogP contribution >= 0.6 is 0 Å². The van der Waals surface area contributed by atoms with Gasteiger partial charge in [0.15, 0.2) is 0 Å². The number of nitrogens with zero attached hydrogens (tertiary/aromatic N) is 2. The fourth-order valence-electron chi connectivity index (χ4n) is 2.60. The van der Waals surface area contributed by atoms with E-state index in [1.807, 2.05) is 18.2 Å². The number of pyridine rings is 1. The van der Waals surface area contributed by atoms with Gasteiger partial charge in [-0.25, -0.2) is 4.98 Å². The van der Waals surface area contributed by atoms with Crippen LogP contribution in [0.3, 0.4) is 0 Å². The summed E-state index contributed by atoms with van der Waals surface area (Å²) in [6.07, 6.45) is 3.93. The summed E-state index contributed by atoms with van der Waals surface area (Å²) in [6.45, 7) is 7.99. The van der Waals surface area contributed by atoms with Crippen LogP contribution in [0, 0.1) is 5.92 Å². The number of nitrogens with one attached hydrogen (secondary N) is 1. The first-order valence-electron chi connectivity index (χ1n) is 7.71. The van der Waals surface area contributed by atoms with Crippen molar-refractivity contribution in [1.82, 2.24) is 15.2 Å². The van der Waals surface area contributed by atoms with Gasteiger partial charge < -0.3 is 15.0 Å². The van der Waals surface area contributed by atoms with Gasteiger partial charge in [-0.3, -0.25) is 0 Å². The second-order valence-corrected chi connectivity index (χ2v) is 5.73. The zero-order valence-corrected chi connectivity index (χ0v) is 12.8. The van der Waals surface area contributed by atoms with Gasteiger partial charge in [0, 0.05) is 12.6 Å². The fraction of sp³-hybridized carbons (Fsp3) is 0.688. The predicted molar refractivity (Wildman–Crippen MR) is 82.0 cm³/mol. The minimum absolute atomic E-state index is 0.687. The number of aromatic nitrogens is 1. The summed E-state index contributed by atoms with van der Waals surface area (Å²) in [5, 5.41) is 3.46. The number of hydrogen-bond donors (Lipinski definition) is 1. The van der Waals surface area contributed by atoms with Gasteiger partial charge in [-0.15, -0.1) is 0 Å². The van der Waals surface area contributed by atoms with Gasteiger partial charge in [0.1, 0.15) is 0 Å². The Labute approximate surface area is 122 Å². The van der Waals surface area contributed by atoms with Crippen molar-refractivity contribution in [2.75, 3.05) is 33.3 Å². The normalized spacial score (nSPS) is 17.3. The first-order chi connectivity index (χ1) is 9.78. The first kappa shape index (κ1) is 15.3. The average molecular weight is 277 g/mol. The Morgan fingerprint density at radius 1 is 1.35 bits per heavy atom. The van der Waals surface area contributed by atoms with Crippen LogP contribution in [0.15, 0.2) is 18.2 Å². The standard InChI is InChI=1S/C16H27N3O/c1-14-7-11-19(12-8-14)10-4-9-17-13-15-5-3-6-16(18-15)20-2/h3,5-6,14,17H,4,7-13H2,1-2H3. The summed E-state index contributed by atoms with van der Waals surface area (Å²) >= 11 is 0. The molecule has 1 fully saturated rings. The van der Waals surface area contributed by atoms with E-state index >= 15 is 0 Å². The highest BCUT2D eigenvalue weighted by molar-refractivity contribution is 5.15. The average Bonchev–Trinajstić information content (AvgIpc) is 2.49. The van der Waals surface area contributed by atoms with Crippen molar-refractivity contribution >= 4 is 0 Å². The molecule has 0 aliphatic carbocycles. The number of methoxy groups -OCH3 is 1. The molecule has 0 spiro atoms. The molecule has 4 heteroatoms. The van der Waals surface area contributed by atoms with Crippen LogP contribution in [-0.4, -0.2) is 43.2 Å². The van der Waals surface area contributed by atoms with Gasteiger partial charge in [0.05, 0.1) is 12.8 Å². The number of rotatable bonds is 7.